The maximum Gasteiger partial charge on any atom is 0.170 e. The normalized spacial score (nSPS) is 13.7. The van der Waals surface area contributed by atoms with E-state index in [1.54, 1.807) is 18.2 Å². The van der Waals surface area contributed by atoms with Gasteiger partial charge >= 0.3 is 0 Å². The van der Waals surface area contributed by atoms with Gasteiger partial charge in [-0.05, 0) is 24.1 Å². The van der Waals surface area contributed by atoms with Crippen LogP contribution in [0.4, 0.5) is 11.5 Å². The van der Waals surface area contributed by atoms with Crippen molar-refractivity contribution in [3.05, 3.63) is 51.3 Å². The molecule has 1 aliphatic carbocycles. The first-order chi connectivity index (χ1) is 10.7. The summed E-state index contributed by atoms with van der Waals surface area (Å²) in [5, 5.41) is 6.23. The van der Waals surface area contributed by atoms with Crippen molar-refractivity contribution in [3.8, 4) is 0 Å². The number of halogens is 1. The second-order valence-electron chi connectivity index (χ2n) is 5.10. The fourth-order valence-corrected chi connectivity index (χ4v) is 2.33. The fourth-order valence-electron chi connectivity index (χ4n) is 2.13. The van der Waals surface area contributed by atoms with E-state index >= 15 is 0 Å². The minimum atomic E-state index is 0.183. The van der Waals surface area contributed by atoms with E-state index in [1.807, 2.05) is 6.07 Å². The summed E-state index contributed by atoms with van der Waals surface area (Å²) in [6.07, 6.45) is 2.68. The van der Waals surface area contributed by atoms with Crippen LogP contribution in [0.2, 0.25) is 5.02 Å². The number of benzene rings is 1. The first kappa shape index (κ1) is 14.6. The SMILES string of the molecule is O=Cc1nc(C2CC2)nc(NCc2ccccc2N=O)c1Cl. The average molecular weight is 317 g/mol. The Kier molecular flexibility index (Phi) is 4.11. The lowest BCUT2D eigenvalue weighted by Crippen LogP contribution is -2.07. The van der Waals surface area contributed by atoms with Crippen LogP contribution >= 0.6 is 11.6 Å². The van der Waals surface area contributed by atoms with Gasteiger partial charge in [-0.15, -0.1) is 4.91 Å². The van der Waals surface area contributed by atoms with Gasteiger partial charge < -0.3 is 5.32 Å². The van der Waals surface area contributed by atoms with Gasteiger partial charge in [0.05, 0.1) is 0 Å². The molecule has 1 heterocycles. The number of hydrogen-bond acceptors (Lipinski definition) is 6. The van der Waals surface area contributed by atoms with Crippen LogP contribution in [-0.2, 0) is 6.54 Å². The largest absolute Gasteiger partial charge is 0.365 e. The molecule has 1 aliphatic rings. The van der Waals surface area contributed by atoms with Gasteiger partial charge in [0.15, 0.2) is 6.29 Å². The van der Waals surface area contributed by atoms with Gasteiger partial charge in [-0.25, -0.2) is 9.97 Å². The molecule has 2 aromatic rings. The maximum atomic E-state index is 11.1. The van der Waals surface area contributed by atoms with Crippen molar-refractivity contribution < 1.29 is 4.79 Å². The lowest BCUT2D eigenvalue weighted by Gasteiger charge is -2.11. The minimum Gasteiger partial charge on any atom is -0.365 e. The summed E-state index contributed by atoms with van der Waals surface area (Å²) in [4.78, 5) is 30.4. The van der Waals surface area contributed by atoms with Crippen molar-refractivity contribution in [1.29, 1.82) is 0 Å². The molecule has 1 aromatic heterocycles. The molecule has 0 aliphatic heterocycles. The smallest absolute Gasteiger partial charge is 0.170 e. The summed E-state index contributed by atoms with van der Waals surface area (Å²) in [6.45, 7) is 0.334. The fraction of sp³-hybridized carbons (Fsp3) is 0.267. The van der Waals surface area contributed by atoms with Gasteiger partial charge in [-0.3, -0.25) is 4.79 Å². The Labute approximate surface area is 131 Å². The van der Waals surface area contributed by atoms with Gasteiger partial charge in [0.1, 0.15) is 28.0 Å². The lowest BCUT2D eigenvalue weighted by molar-refractivity contribution is 0.111. The van der Waals surface area contributed by atoms with Crippen molar-refractivity contribution in [3.63, 3.8) is 0 Å². The first-order valence-corrected chi connectivity index (χ1v) is 7.28. The third-order valence-corrected chi connectivity index (χ3v) is 3.86. The van der Waals surface area contributed by atoms with E-state index in [2.05, 4.69) is 20.5 Å². The first-order valence-electron chi connectivity index (χ1n) is 6.90. The van der Waals surface area contributed by atoms with Crippen LogP contribution in [0.15, 0.2) is 29.4 Å². The second-order valence-corrected chi connectivity index (χ2v) is 5.47. The molecule has 0 saturated heterocycles. The van der Waals surface area contributed by atoms with E-state index in [0.29, 0.717) is 36.1 Å². The highest BCUT2D eigenvalue weighted by molar-refractivity contribution is 6.35. The minimum absolute atomic E-state index is 0.183. The number of aldehydes is 1. The highest BCUT2D eigenvalue weighted by Gasteiger charge is 2.28. The maximum absolute atomic E-state index is 11.1. The van der Waals surface area contributed by atoms with Gasteiger partial charge in [-0.2, -0.15) is 0 Å². The highest BCUT2D eigenvalue weighted by Crippen LogP contribution is 2.39. The Morgan fingerprint density at radius 3 is 2.77 bits per heavy atom. The van der Waals surface area contributed by atoms with Crippen LogP contribution in [-0.4, -0.2) is 16.3 Å². The van der Waals surface area contributed by atoms with Gasteiger partial charge in [-0.1, -0.05) is 29.8 Å². The summed E-state index contributed by atoms with van der Waals surface area (Å²) in [6, 6.07) is 6.99. The van der Waals surface area contributed by atoms with Crippen molar-refractivity contribution in [1.82, 2.24) is 9.97 Å². The lowest BCUT2D eigenvalue weighted by atomic mass is 10.2. The number of aromatic nitrogens is 2. The van der Waals surface area contributed by atoms with Crippen LogP contribution < -0.4 is 5.32 Å². The van der Waals surface area contributed by atoms with Crippen LogP contribution in [0.25, 0.3) is 0 Å². The van der Waals surface area contributed by atoms with Crippen molar-refractivity contribution in [2.24, 2.45) is 5.18 Å². The molecule has 0 radical (unpaired) electrons. The number of nitrogens with one attached hydrogen (secondary N) is 1. The van der Waals surface area contributed by atoms with Crippen LogP contribution in [0.1, 0.15) is 40.6 Å². The predicted octanol–water partition coefficient (Wildman–Crippen LogP) is 3.83. The Hall–Kier alpha value is -2.34. The van der Waals surface area contributed by atoms with E-state index < -0.39 is 0 Å². The standard InChI is InChI=1S/C15H13ClN4O2/c16-13-12(8-21)18-14(9-5-6-9)19-15(13)17-7-10-3-1-2-4-11(10)20-22/h1-4,8-9H,5-7H2,(H,17,18,19). The molecule has 0 amide bonds. The molecule has 0 spiro atoms. The van der Waals surface area contributed by atoms with E-state index in [4.69, 9.17) is 11.6 Å². The van der Waals surface area contributed by atoms with Crippen molar-refractivity contribution in [2.75, 3.05) is 5.32 Å². The van der Waals surface area contributed by atoms with Crippen LogP contribution in [0.5, 0.6) is 0 Å². The quantitative estimate of drug-likeness (QED) is 0.646. The zero-order chi connectivity index (χ0) is 15.5. The molecule has 1 aromatic carbocycles. The molecule has 6 nitrogen and oxygen atoms in total. The third-order valence-electron chi connectivity index (χ3n) is 3.48. The highest BCUT2D eigenvalue weighted by atomic mass is 35.5. The Morgan fingerprint density at radius 2 is 2.09 bits per heavy atom. The molecule has 0 unspecified atom stereocenters. The molecular weight excluding hydrogens is 304 g/mol. The summed E-state index contributed by atoms with van der Waals surface area (Å²) >= 11 is 6.14. The van der Waals surface area contributed by atoms with Crippen LogP contribution in [0, 0.1) is 4.91 Å². The molecule has 7 heteroatoms. The number of hydrogen-bond donors (Lipinski definition) is 1. The number of anilines is 1. The van der Waals surface area contributed by atoms with E-state index in [9.17, 15) is 9.70 Å². The predicted molar refractivity (Wildman–Crippen MR) is 83.6 cm³/mol. The monoisotopic (exact) mass is 316 g/mol. The zero-order valence-corrected chi connectivity index (χ0v) is 12.4. The molecule has 3 rings (SSSR count). The summed E-state index contributed by atoms with van der Waals surface area (Å²) < 4.78 is 0. The molecular formula is C15H13ClN4O2. The molecule has 22 heavy (non-hydrogen) atoms. The average Bonchev–Trinajstić information content (AvgIpc) is 3.39. The zero-order valence-electron chi connectivity index (χ0n) is 11.6. The van der Waals surface area contributed by atoms with E-state index in [0.717, 1.165) is 18.4 Å². The summed E-state index contributed by atoms with van der Waals surface area (Å²) in [5.74, 6) is 1.35. The van der Waals surface area contributed by atoms with Gasteiger partial charge in [0.25, 0.3) is 0 Å². The molecule has 1 saturated carbocycles. The van der Waals surface area contributed by atoms with Crippen molar-refractivity contribution >= 4 is 29.4 Å². The Bertz CT molecular complexity index is 731. The van der Waals surface area contributed by atoms with Gasteiger partial charge in [0, 0.05) is 18.0 Å². The summed E-state index contributed by atoms with van der Waals surface area (Å²) in [5.41, 5.74) is 1.27. The number of carbonyl (C=O) groups excluding carboxylic acids is 1. The number of nitroso groups, excluding NO2 is 1. The van der Waals surface area contributed by atoms with E-state index in [1.165, 1.54) is 0 Å². The van der Waals surface area contributed by atoms with Crippen molar-refractivity contribution in [2.45, 2.75) is 25.3 Å². The third kappa shape index (κ3) is 2.96. The second kappa shape index (κ2) is 6.19. The number of rotatable bonds is 6. The summed E-state index contributed by atoms with van der Waals surface area (Å²) in [7, 11) is 0. The topological polar surface area (TPSA) is 84.3 Å². The molecule has 1 fully saturated rings. The Balaban J connectivity index is 1.86. The van der Waals surface area contributed by atoms with Gasteiger partial charge in [0.2, 0.25) is 0 Å². The van der Waals surface area contributed by atoms with E-state index in [-0.39, 0.29) is 10.7 Å². The Morgan fingerprint density at radius 1 is 1.32 bits per heavy atom. The number of carbonyl (C=O) groups is 1. The molecule has 0 bridgehead atoms. The molecule has 112 valence electrons. The number of nitrogens with zero attached hydrogens (tertiary/aromatic N) is 3. The molecule has 1 N–H and O–H groups in total. The van der Waals surface area contributed by atoms with Crippen LogP contribution in [0.3, 0.4) is 0 Å². The molecule has 0 atom stereocenters.